The van der Waals surface area contributed by atoms with Gasteiger partial charge in [0.2, 0.25) is 18.4 Å². The van der Waals surface area contributed by atoms with Gasteiger partial charge in [0.1, 0.15) is 6.33 Å². The lowest BCUT2D eigenvalue weighted by Crippen LogP contribution is -2.45. The molecule has 2 aliphatic heterocycles. The van der Waals surface area contributed by atoms with Crippen LogP contribution in [-0.2, 0) is 16.0 Å². The number of aliphatic carboxylic acids is 1. The van der Waals surface area contributed by atoms with Crippen LogP contribution in [0.2, 0.25) is 0 Å². The third kappa shape index (κ3) is 6.77. The lowest BCUT2D eigenvalue weighted by molar-refractivity contribution is -0.143. The Hall–Kier alpha value is -3.44. The summed E-state index contributed by atoms with van der Waals surface area (Å²) in [5.74, 6) is -0.455. The van der Waals surface area contributed by atoms with Gasteiger partial charge >= 0.3 is 5.97 Å². The molecule has 0 bridgehead atoms. The Morgan fingerprint density at radius 1 is 1.26 bits per heavy atom. The van der Waals surface area contributed by atoms with E-state index in [1.807, 2.05) is 28.0 Å². The number of aryl methyl sites for hydroxylation is 1. The minimum atomic E-state index is -0.898. The molecule has 1 fully saturated rings. The van der Waals surface area contributed by atoms with Gasteiger partial charge in [-0.25, -0.2) is 9.97 Å². The van der Waals surface area contributed by atoms with E-state index < -0.39 is 11.9 Å². The van der Waals surface area contributed by atoms with Crippen molar-refractivity contribution < 1.29 is 28.9 Å². The van der Waals surface area contributed by atoms with E-state index >= 15 is 0 Å². The Morgan fingerprint density at radius 3 is 2.77 bits per heavy atom. The van der Waals surface area contributed by atoms with Crippen molar-refractivity contribution in [3.8, 4) is 17.2 Å². The minimum absolute atomic E-state index is 0.00279. The molecular formula is C28H39N5O6. The molecular weight excluding hydrogens is 502 g/mol. The number of carboxylic acid groups (broad SMARTS) is 1. The van der Waals surface area contributed by atoms with E-state index in [2.05, 4.69) is 16.9 Å². The summed E-state index contributed by atoms with van der Waals surface area (Å²) in [7, 11) is 1.55. The number of amides is 1. The van der Waals surface area contributed by atoms with Crippen LogP contribution in [0.5, 0.6) is 17.2 Å². The maximum absolute atomic E-state index is 13.5. The number of carbonyl (C=O) groups is 2. The highest BCUT2D eigenvalue weighted by molar-refractivity contribution is 5.79. The van der Waals surface area contributed by atoms with Crippen molar-refractivity contribution in [1.29, 1.82) is 0 Å². The standard InChI is InChI=1S/C28H39N5O6/c1-3-4-11-32(12-5-9-29)25(34)16-33-15-21(19-13-23(37-2)27-24(14-19)38-18-39-27)26(28(35)36)22(33)7-6-20-8-10-30-17-31-20/h8,10,13-14,17,21-22,26H,3-7,9,11-12,15-16,18,29H2,1-2H3,(H,35,36). The Balaban J connectivity index is 1.63. The van der Waals surface area contributed by atoms with Crippen molar-refractivity contribution in [2.24, 2.45) is 11.7 Å². The fourth-order valence-electron chi connectivity index (χ4n) is 5.58. The van der Waals surface area contributed by atoms with Crippen LogP contribution in [0.25, 0.3) is 0 Å². The number of carboxylic acids is 1. The van der Waals surface area contributed by atoms with Gasteiger partial charge in [-0.1, -0.05) is 13.3 Å². The summed E-state index contributed by atoms with van der Waals surface area (Å²) >= 11 is 0. The second-order valence-electron chi connectivity index (χ2n) is 10.0. The van der Waals surface area contributed by atoms with E-state index in [4.69, 9.17) is 19.9 Å². The number of carbonyl (C=O) groups excluding carboxylic acids is 1. The van der Waals surface area contributed by atoms with E-state index in [-0.39, 0.29) is 31.2 Å². The number of aromatic nitrogens is 2. The number of rotatable bonds is 14. The van der Waals surface area contributed by atoms with Gasteiger partial charge in [-0.15, -0.1) is 0 Å². The summed E-state index contributed by atoms with van der Waals surface area (Å²) < 4.78 is 16.7. The molecule has 2 aromatic rings. The first kappa shape index (κ1) is 28.6. The zero-order valence-electron chi connectivity index (χ0n) is 22.8. The summed E-state index contributed by atoms with van der Waals surface area (Å²) in [5.41, 5.74) is 7.35. The van der Waals surface area contributed by atoms with Gasteiger partial charge in [-0.05, 0) is 56.0 Å². The van der Waals surface area contributed by atoms with E-state index in [1.54, 1.807) is 13.3 Å². The molecule has 3 unspecified atom stereocenters. The highest BCUT2D eigenvalue weighted by Crippen LogP contribution is 2.47. The van der Waals surface area contributed by atoms with Crippen molar-refractivity contribution in [3.05, 3.63) is 42.0 Å². The molecule has 11 nitrogen and oxygen atoms in total. The largest absolute Gasteiger partial charge is 0.493 e. The number of benzene rings is 1. The number of unbranched alkanes of at least 4 members (excludes halogenated alkanes) is 1. The lowest BCUT2D eigenvalue weighted by Gasteiger charge is -2.29. The Morgan fingerprint density at radius 2 is 2.08 bits per heavy atom. The van der Waals surface area contributed by atoms with Crippen molar-refractivity contribution in [3.63, 3.8) is 0 Å². The van der Waals surface area contributed by atoms with Crippen LogP contribution >= 0.6 is 0 Å². The van der Waals surface area contributed by atoms with Crippen LogP contribution in [0.3, 0.4) is 0 Å². The van der Waals surface area contributed by atoms with Gasteiger partial charge in [-0.2, -0.15) is 0 Å². The molecule has 1 aromatic carbocycles. The number of fused-ring (bicyclic) bond motifs is 1. The molecule has 212 valence electrons. The molecule has 11 heteroatoms. The average molecular weight is 542 g/mol. The number of methoxy groups -OCH3 is 1. The Bertz CT molecular complexity index is 1110. The molecule has 0 saturated carbocycles. The van der Waals surface area contributed by atoms with Crippen LogP contribution in [0.4, 0.5) is 0 Å². The van der Waals surface area contributed by atoms with Crippen LogP contribution in [0.15, 0.2) is 30.7 Å². The molecule has 1 amide bonds. The molecule has 0 spiro atoms. The Kier molecular flexibility index (Phi) is 9.94. The van der Waals surface area contributed by atoms with E-state index in [1.165, 1.54) is 6.33 Å². The monoisotopic (exact) mass is 541 g/mol. The topological polar surface area (TPSA) is 140 Å². The maximum atomic E-state index is 13.5. The number of nitrogens with zero attached hydrogens (tertiary/aromatic N) is 4. The van der Waals surface area contributed by atoms with Gasteiger partial charge < -0.3 is 30.0 Å². The summed E-state index contributed by atoms with van der Waals surface area (Å²) in [6, 6.07) is 5.13. The first-order valence-electron chi connectivity index (χ1n) is 13.6. The predicted octanol–water partition coefficient (Wildman–Crippen LogP) is 2.29. The lowest BCUT2D eigenvalue weighted by atomic mass is 9.83. The zero-order chi connectivity index (χ0) is 27.8. The Labute approximate surface area is 229 Å². The first-order valence-corrected chi connectivity index (χ1v) is 13.6. The number of hydrogen-bond acceptors (Lipinski definition) is 9. The van der Waals surface area contributed by atoms with E-state index in [9.17, 15) is 14.7 Å². The number of ether oxygens (including phenoxy) is 3. The minimum Gasteiger partial charge on any atom is -0.493 e. The summed E-state index contributed by atoms with van der Waals surface area (Å²) in [6.07, 6.45) is 6.90. The van der Waals surface area contributed by atoms with Gasteiger partial charge in [-0.3, -0.25) is 14.5 Å². The molecule has 0 aliphatic carbocycles. The van der Waals surface area contributed by atoms with Gasteiger partial charge in [0, 0.05) is 43.5 Å². The van der Waals surface area contributed by atoms with Crippen LogP contribution in [0, 0.1) is 5.92 Å². The van der Waals surface area contributed by atoms with Crippen LogP contribution < -0.4 is 19.9 Å². The molecule has 3 N–H and O–H groups in total. The highest BCUT2D eigenvalue weighted by Gasteiger charge is 2.47. The normalized spacial score (nSPS) is 20.2. The molecule has 3 atom stereocenters. The second-order valence-corrected chi connectivity index (χ2v) is 10.0. The quantitative estimate of drug-likeness (QED) is 0.366. The van der Waals surface area contributed by atoms with Gasteiger partial charge in [0.25, 0.3) is 0 Å². The SMILES string of the molecule is CCCCN(CCCN)C(=O)CN1CC(c2cc(OC)c3c(c2)OCO3)C(C(=O)O)C1CCc1ccncn1. The molecule has 2 aliphatic rings. The summed E-state index contributed by atoms with van der Waals surface area (Å²) in [5, 5.41) is 10.5. The van der Waals surface area contributed by atoms with E-state index in [0.717, 1.165) is 30.5 Å². The van der Waals surface area contributed by atoms with Crippen molar-refractivity contribution in [1.82, 2.24) is 19.8 Å². The molecule has 0 radical (unpaired) electrons. The predicted molar refractivity (Wildman–Crippen MR) is 144 cm³/mol. The molecule has 39 heavy (non-hydrogen) atoms. The number of nitrogens with two attached hydrogens (primary N) is 1. The molecule has 4 rings (SSSR count). The van der Waals surface area contributed by atoms with Crippen molar-refractivity contribution in [2.45, 2.75) is 51.0 Å². The fourth-order valence-corrected chi connectivity index (χ4v) is 5.58. The summed E-state index contributed by atoms with van der Waals surface area (Å²) in [6.45, 7) is 4.51. The van der Waals surface area contributed by atoms with Crippen LogP contribution in [0.1, 0.15) is 49.8 Å². The third-order valence-electron chi connectivity index (χ3n) is 7.59. The zero-order valence-corrected chi connectivity index (χ0v) is 22.8. The van der Waals surface area contributed by atoms with Crippen LogP contribution in [-0.4, -0.2) is 89.4 Å². The fraction of sp³-hybridized carbons (Fsp3) is 0.571. The second kappa shape index (κ2) is 13.6. The average Bonchev–Trinajstić information content (AvgIpc) is 3.56. The molecule has 3 heterocycles. The van der Waals surface area contributed by atoms with Gasteiger partial charge in [0.15, 0.2) is 11.5 Å². The summed E-state index contributed by atoms with van der Waals surface area (Å²) in [4.78, 5) is 38.5. The highest BCUT2D eigenvalue weighted by atomic mass is 16.7. The first-order chi connectivity index (χ1) is 19.0. The van der Waals surface area contributed by atoms with Gasteiger partial charge in [0.05, 0.1) is 19.6 Å². The maximum Gasteiger partial charge on any atom is 0.308 e. The van der Waals surface area contributed by atoms with Crippen molar-refractivity contribution >= 4 is 11.9 Å². The third-order valence-corrected chi connectivity index (χ3v) is 7.59. The number of likely N-dealkylation sites (tertiary alicyclic amines) is 1. The van der Waals surface area contributed by atoms with E-state index in [0.29, 0.717) is 56.3 Å². The number of hydrogen-bond donors (Lipinski definition) is 2. The molecule has 1 aromatic heterocycles. The smallest absolute Gasteiger partial charge is 0.308 e. The van der Waals surface area contributed by atoms with Crippen molar-refractivity contribution in [2.75, 3.05) is 46.6 Å². The molecule has 1 saturated heterocycles.